The van der Waals surface area contributed by atoms with Crippen molar-refractivity contribution in [3.05, 3.63) is 60.9 Å². The molecular formula is C33H38N8O3. The summed E-state index contributed by atoms with van der Waals surface area (Å²) in [4.78, 5) is 26.9. The highest BCUT2D eigenvalue weighted by Crippen LogP contribution is 2.43. The molecule has 1 unspecified atom stereocenters. The molecule has 4 fully saturated rings. The van der Waals surface area contributed by atoms with E-state index in [0.29, 0.717) is 31.0 Å². The highest BCUT2D eigenvalue weighted by molar-refractivity contribution is 5.98. The molecule has 0 bridgehead atoms. The van der Waals surface area contributed by atoms with E-state index in [0.717, 1.165) is 84.6 Å². The maximum Gasteiger partial charge on any atom is 0.407 e. The van der Waals surface area contributed by atoms with Gasteiger partial charge in [-0.15, -0.1) is 0 Å². The summed E-state index contributed by atoms with van der Waals surface area (Å²) in [7, 11) is 0. The second kappa shape index (κ2) is 11.0. The van der Waals surface area contributed by atoms with Crippen molar-refractivity contribution < 1.29 is 14.6 Å². The molecule has 11 heteroatoms. The number of piperidine rings is 1. The monoisotopic (exact) mass is 594 g/mol. The summed E-state index contributed by atoms with van der Waals surface area (Å²) < 4.78 is 8.08. The van der Waals surface area contributed by atoms with E-state index in [1.54, 1.807) is 0 Å². The van der Waals surface area contributed by atoms with Crippen LogP contribution in [0.1, 0.15) is 31.7 Å². The molecule has 44 heavy (non-hydrogen) atoms. The van der Waals surface area contributed by atoms with Crippen molar-refractivity contribution in [3.63, 3.8) is 0 Å². The summed E-state index contributed by atoms with van der Waals surface area (Å²) in [5.41, 5.74) is 8.96. The van der Waals surface area contributed by atoms with E-state index in [4.69, 9.17) is 15.6 Å². The van der Waals surface area contributed by atoms with Crippen molar-refractivity contribution in [2.75, 3.05) is 45.0 Å². The average molecular weight is 595 g/mol. The molecule has 1 aliphatic carbocycles. The molecule has 2 aromatic carbocycles. The van der Waals surface area contributed by atoms with Crippen molar-refractivity contribution in [1.82, 2.24) is 34.4 Å². The summed E-state index contributed by atoms with van der Waals surface area (Å²) in [5.74, 6) is 3.47. The number of carboxylic acid groups (broad SMARTS) is 1. The van der Waals surface area contributed by atoms with Gasteiger partial charge in [-0.05, 0) is 73.9 Å². The molecule has 3 atom stereocenters. The molecule has 3 saturated heterocycles. The van der Waals surface area contributed by atoms with Crippen LogP contribution in [0, 0.1) is 11.8 Å². The van der Waals surface area contributed by atoms with Crippen LogP contribution in [0.15, 0.2) is 60.9 Å². The summed E-state index contributed by atoms with van der Waals surface area (Å²) in [5, 5.41) is 15.1. The molecule has 2 aromatic heterocycles. The van der Waals surface area contributed by atoms with Crippen LogP contribution in [0.25, 0.3) is 22.3 Å². The number of anilines is 1. The van der Waals surface area contributed by atoms with Crippen molar-refractivity contribution >= 4 is 22.9 Å². The number of nitrogens with two attached hydrogens (primary N) is 1. The van der Waals surface area contributed by atoms with Gasteiger partial charge in [-0.1, -0.05) is 18.2 Å². The number of para-hydroxylation sites is 1. The standard InChI is InChI=1S/C33H38N8O3/c34-31-29-30(21-6-8-28(9-7-21)44-27-4-2-1-3-5-27)37-41(32(29)36-20-35-31)24-10-12-38(13-11-24)25-14-22-16-39(17-23(22)15-25)26-18-40(19-26)33(42)43/h1-9,20,22-26H,10-19H2,(H,42,43)(H2,34,35,36)/t22-,23+,25?. The number of nitrogen functional groups attached to an aromatic ring is 1. The van der Waals surface area contributed by atoms with Gasteiger partial charge in [0.15, 0.2) is 5.65 Å². The highest BCUT2D eigenvalue weighted by atomic mass is 16.5. The minimum absolute atomic E-state index is 0.254. The Kier molecular flexibility index (Phi) is 6.86. The number of ether oxygens (including phenoxy) is 1. The topological polar surface area (TPSA) is 126 Å². The number of amides is 1. The van der Waals surface area contributed by atoms with Crippen LogP contribution in [-0.2, 0) is 0 Å². The Morgan fingerprint density at radius 3 is 2.18 bits per heavy atom. The lowest BCUT2D eigenvalue weighted by Gasteiger charge is -2.43. The van der Waals surface area contributed by atoms with Gasteiger partial charge in [-0.3, -0.25) is 4.90 Å². The lowest BCUT2D eigenvalue weighted by molar-refractivity contribution is 0.0418. The molecule has 1 saturated carbocycles. The fourth-order valence-electron chi connectivity index (χ4n) is 8.00. The normalized spacial score (nSPS) is 24.9. The van der Waals surface area contributed by atoms with E-state index in [9.17, 15) is 9.90 Å². The van der Waals surface area contributed by atoms with Crippen molar-refractivity contribution in [2.45, 2.75) is 43.8 Å². The van der Waals surface area contributed by atoms with Gasteiger partial charge in [0.2, 0.25) is 0 Å². The quantitative estimate of drug-likeness (QED) is 0.330. The summed E-state index contributed by atoms with van der Waals surface area (Å²) in [6, 6.07) is 19.0. The fraction of sp³-hybridized carbons (Fsp3) is 0.455. The Morgan fingerprint density at radius 2 is 1.50 bits per heavy atom. The Labute approximate surface area is 256 Å². The van der Waals surface area contributed by atoms with Crippen LogP contribution in [0.4, 0.5) is 10.6 Å². The van der Waals surface area contributed by atoms with E-state index >= 15 is 0 Å². The van der Waals surface area contributed by atoms with Gasteiger partial charge >= 0.3 is 6.09 Å². The number of hydrogen-bond donors (Lipinski definition) is 2. The molecular weight excluding hydrogens is 556 g/mol. The van der Waals surface area contributed by atoms with Gasteiger partial charge in [0, 0.05) is 56.9 Å². The van der Waals surface area contributed by atoms with Gasteiger partial charge in [0.1, 0.15) is 29.3 Å². The molecule has 4 aliphatic rings. The van der Waals surface area contributed by atoms with Crippen LogP contribution in [0.3, 0.4) is 0 Å². The Hall–Kier alpha value is -4.22. The second-order valence-corrected chi connectivity index (χ2v) is 12.9. The largest absolute Gasteiger partial charge is 0.465 e. The zero-order valence-corrected chi connectivity index (χ0v) is 24.7. The molecule has 11 nitrogen and oxygen atoms in total. The average Bonchev–Trinajstić information content (AvgIpc) is 3.70. The first-order chi connectivity index (χ1) is 21.5. The van der Waals surface area contributed by atoms with Crippen LogP contribution in [0.2, 0.25) is 0 Å². The number of likely N-dealkylation sites (tertiary alicyclic amines) is 3. The van der Waals surface area contributed by atoms with Crippen LogP contribution < -0.4 is 10.5 Å². The van der Waals surface area contributed by atoms with Crippen LogP contribution in [-0.4, -0.2) is 97.0 Å². The molecule has 4 aromatic rings. The number of rotatable bonds is 6. The molecule has 228 valence electrons. The molecule has 3 aliphatic heterocycles. The zero-order chi connectivity index (χ0) is 29.8. The second-order valence-electron chi connectivity index (χ2n) is 12.9. The molecule has 0 radical (unpaired) electrons. The first-order valence-corrected chi connectivity index (χ1v) is 15.8. The number of aromatic nitrogens is 4. The number of fused-ring (bicyclic) bond motifs is 2. The molecule has 5 heterocycles. The third-order valence-electron chi connectivity index (χ3n) is 10.4. The van der Waals surface area contributed by atoms with E-state index in [-0.39, 0.29) is 6.04 Å². The number of hydrogen-bond acceptors (Lipinski definition) is 8. The van der Waals surface area contributed by atoms with E-state index in [1.165, 1.54) is 24.1 Å². The minimum atomic E-state index is -0.789. The number of carbonyl (C=O) groups is 1. The Bertz CT molecular complexity index is 1630. The minimum Gasteiger partial charge on any atom is -0.465 e. The Morgan fingerprint density at radius 1 is 0.818 bits per heavy atom. The first-order valence-electron chi connectivity index (χ1n) is 15.8. The molecule has 8 rings (SSSR count). The first kappa shape index (κ1) is 27.3. The molecule has 3 N–H and O–H groups in total. The predicted octanol–water partition coefficient (Wildman–Crippen LogP) is 4.58. The molecule has 1 amide bonds. The summed E-state index contributed by atoms with van der Waals surface area (Å²) in [6.07, 6.45) is 5.30. The summed E-state index contributed by atoms with van der Waals surface area (Å²) >= 11 is 0. The summed E-state index contributed by atoms with van der Waals surface area (Å²) in [6.45, 7) is 5.69. The lowest BCUT2D eigenvalue weighted by atomic mass is 10.0. The van der Waals surface area contributed by atoms with Gasteiger partial charge in [0.05, 0.1) is 11.4 Å². The van der Waals surface area contributed by atoms with E-state index < -0.39 is 6.09 Å². The lowest BCUT2D eigenvalue weighted by Crippen LogP contribution is -2.60. The van der Waals surface area contributed by atoms with Crippen molar-refractivity contribution in [1.29, 1.82) is 0 Å². The van der Waals surface area contributed by atoms with Gasteiger partial charge in [-0.2, -0.15) is 5.10 Å². The van der Waals surface area contributed by atoms with E-state index in [1.807, 2.05) is 54.6 Å². The highest BCUT2D eigenvalue weighted by Gasteiger charge is 2.47. The van der Waals surface area contributed by atoms with Crippen molar-refractivity contribution in [3.8, 4) is 22.8 Å². The van der Waals surface area contributed by atoms with Gasteiger partial charge < -0.3 is 25.4 Å². The third kappa shape index (κ3) is 4.93. The third-order valence-corrected chi connectivity index (χ3v) is 10.4. The number of benzene rings is 2. The van der Waals surface area contributed by atoms with Crippen LogP contribution in [0.5, 0.6) is 11.5 Å². The maximum absolute atomic E-state index is 11.2. The van der Waals surface area contributed by atoms with Gasteiger partial charge in [-0.25, -0.2) is 19.4 Å². The predicted molar refractivity (Wildman–Crippen MR) is 166 cm³/mol. The number of nitrogens with zero attached hydrogens (tertiary/aromatic N) is 7. The van der Waals surface area contributed by atoms with E-state index in [2.05, 4.69) is 24.4 Å². The SMILES string of the molecule is Nc1ncnc2c1c(-c1ccc(Oc3ccccc3)cc1)nn2C1CCN(C2C[C@@H]3CN(C4CN(C(=O)O)C4)C[C@@H]3C2)CC1. The fourth-order valence-corrected chi connectivity index (χ4v) is 8.00. The van der Waals surface area contributed by atoms with Crippen LogP contribution >= 0.6 is 0 Å². The maximum atomic E-state index is 11.2. The zero-order valence-electron chi connectivity index (χ0n) is 24.7. The Balaban J connectivity index is 0.926. The smallest absolute Gasteiger partial charge is 0.407 e. The molecule has 0 spiro atoms. The van der Waals surface area contributed by atoms with Crippen molar-refractivity contribution in [2.24, 2.45) is 11.8 Å². The van der Waals surface area contributed by atoms with Gasteiger partial charge in [0.25, 0.3) is 0 Å².